The van der Waals surface area contributed by atoms with Crippen LogP contribution < -0.4 is 5.32 Å². The summed E-state index contributed by atoms with van der Waals surface area (Å²) in [5, 5.41) is 4.69. The Labute approximate surface area is 95.1 Å². The molecule has 1 N–H and O–H groups in total. The molecule has 0 saturated heterocycles. The minimum absolute atomic E-state index is 0.804. The Morgan fingerprint density at radius 2 is 2.07 bits per heavy atom. The lowest BCUT2D eigenvalue weighted by molar-refractivity contribution is 0.417. The second kappa shape index (κ2) is 3.87. The lowest BCUT2D eigenvalue weighted by atomic mass is 9.86. The first-order valence-electron chi connectivity index (χ1n) is 6.02. The number of hydrogen-bond donors (Lipinski definition) is 1. The highest BCUT2D eigenvalue weighted by molar-refractivity contribution is 7.11. The number of nitrogens with one attached hydrogen (secondary N) is 1. The first-order valence-corrected chi connectivity index (χ1v) is 6.84. The van der Waals surface area contributed by atoms with Crippen molar-refractivity contribution >= 4 is 11.3 Å². The van der Waals surface area contributed by atoms with E-state index >= 15 is 0 Å². The van der Waals surface area contributed by atoms with Crippen LogP contribution in [0.15, 0.2) is 0 Å². The second-order valence-electron chi connectivity index (χ2n) is 4.79. The van der Waals surface area contributed by atoms with Gasteiger partial charge in [-0.05, 0) is 32.7 Å². The smallest absolute Gasteiger partial charge is 0.0962 e. The van der Waals surface area contributed by atoms with Gasteiger partial charge in [-0.1, -0.05) is 6.42 Å². The third-order valence-corrected chi connectivity index (χ3v) is 4.73. The fourth-order valence-corrected chi connectivity index (χ4v) is 3.51. The lowest BCUT2D eigenvalue weighted by Crippen LogP contribution is -2.08. The van der Waals surface area contributed by atoms with E-state index in [0.717, 1.165) is 18.4 Å². The van der Waals surface area contributed by atoms with Gasteiger partial charge in [0.1, 0.15) is 0 Å². The van der Waals surface area contributed by atoms with Crippen molar-refractivity contribution < 1.29 is 0 Å². The van der Waals surface area contributed by atoms with Crippen LogP contribution in [0, 0.1) is 0 Å². The molecule has 2 saturated carbocycles. The van der Waals surface area contributed by atoms with Crippen molar-refractivity contribution in [2.45, 2.75) is 50.5 Å². The molecule has 0 unspecified atom stereocenters. The van der Waals surface area contributed by atoms with Gasteiger partial charge in [0.05, 0.1) is 10.7 Å². The molecule has 2 nitrogen and oxygen atoms in total. The van der Waals surface area contributed by atoms with E-state index in [0.29, 0.717) is 0 Å². The lowest BCUT2D eigenvalue weighted by Gasteiger charge is -2.22. The molecule has 3 rings (SSSR count). The van der Waals surface area contributed by atoms with Gasteiger partial charge < -0.3 is 5.32 Å². The summed E-state index contributed by atoms with van der Waals surface area (Å²) in [6.45, 7) is 1.01. The maximum Gasteiger partial charge on any atom is 0.0962 e. The fraction of sp³-hybridized carbons (Fsp3) is 0.750. The third kappa shape index (κ3) is 1.83. The van der Waals surface area contributed by atoms with Gasteiger partial charge in [0.2, 0.25) is 0 Å². The van der Waals surface area contributed by atoms with Crippen LogP contribution in [0.25, 0.3) is 0 Å². The zero-order valence-corrected chi connectivity index (χ0v) is 10.1. The first-order chi connectivity index (χ1) is 7.38. The van der Waals surface area contributed by atoms with Crippen molar-refractivity contribution in [3.63, 3.8) is 0 Å². The summed E-state index contributed by atoms with van der Waals surface area (Å²) in [4.78, 5) is 6.39. The first kappa shape index (κ1) is 9.79. The molecule has 0 amide bonds. The number of nitrogens with zero attached hydrogens (tertiary/aromatic N) is 1. The second-order valence-corrected chi connectivity index (χ2v) is 5.91. The average molecular weight is 222 g/mol. The van der Waals surface area contributed by atoms with E-state index in [9.17, 15) is 0 Å². The molecule has 3 heteroatoms. The highest BCUT2D eigenvalue weighted by Gasteiger charge is 2.31. The van der Waals surface area contributed by atoms with Crippen LogP contribution in [0.4, 0.5) is 0 Å². The summed E-state index contributed by atoms with van der Waals surface area (Å²) in [5.41, 5.74) is 1.43. The normalized spacial score (nSPS) is 21.7. The van der Waals surface area contributed by atoms with E-state index in [1.807, 2.05) is 18.4 Å². The van der Waals surface area contributed by atoms with E-state index < -0.39 is 0 Å². The monoisotopic (exact) mass is 222 g/mol. The molecule has 82 valence electrons. The van der Waals surface area contributed by atoms with Crippen molar-refractivity contribution in [3.8, 4) is 0 Å². The molecular weight excluding hydrogens is 204 g/mol. The minimum atomic E-state index is 0.804. The van der Waals surface area contributed by atoms with Crippen LogP contribution in [-0.2, 0) is 6.54 Å². The SMILES string of the molecule is CNCc1sc(C2CCC2)nc1C1CC1. The van der Waals surface area contributed by atoms with E-state index in [1.165, 1.54) is 47.7 Å². The molecule has 0 aromatic carbocycles. The van der Waals surface area contributed by atoms with Crippen LogP contribution in [0.2, 0.25) is 0 Å². The fourth-order valence-electron chi connectivity index (χ4n) is 2.18. The summed E-state index contributed by atoms with van der Waals surface area (Å²) in [6.07, 6.45) is 6.88. The van der Waals surface area contributed by atoms with E-state index in [1.54, 1.807) is 0 Å². The Kier molecular flexibility index (Phi) is 2.53. The Morgan fingerprint density at radius 1 is 1.27 bits per heavy atom. The van der Waals surface area contributed by atoms with Crippen LogP contribution in [0.3, 0.4) is 0 Å². The summed E-state index contributed by atoms with van der Waals surface area (Å²) in [6, 6.07) is 0. The Hall–Kier alpha value is -0.410. The van der Waals surface area contributed by atoms with Gasteiger partial charge in [-0.15, -0.1) is 11.3 Å². The molecule has 2 aliphatic rings. The van der Waals surface area contributed by atoms with Gasteiger partial charge in [0, 0.05) is 23.3 Å². The summed E-state index contributed by atoms with van der Waals surface area (Å²) < 4.78 is 0. The molecule has 2 fully saturated rings. The Bertz CT molecular complexity index is 351. The standard InChI is InChI=1S/C12H18N2S/c1-13-7-10-11(8-5-6-8)14-12(15-10)9-3-2-4-9/h8-9,13H,2-7H2,1H3. The molecule has 15 heavy (non-hydrogen) atoms. The molecule has 0 aliphatic heterocycles. The summed E-state index contributed by atoms with van der Waals surface area (Å²) >= 11 is 1.96. The zero-order valence-electron chi connectivity index (χ0n) is 9.25. The maximum absolute atomic E-state index is 4.89. The number of aromatic nitrogens is 1. The molecular formula is C12H18N2S. The molecule has 1 heterocycles. The molecule has 0 atom stereocenters. The Balaban J connectivity index is 1.85. The van der Waals surface area contributed by atoms with Crippen molar-refractivity contribution in [3.05, 3.63) is 15.6 Å². The third-order valence-electron chi connectivity index (χ3n) is 3.50. The van der Waals surface area contributed by atoms with Crippen molar-refractivity contribution in [2.24, 2.45) is 0 Å². The predicted molar refractivity (Wildman–Crippen MR) is 63.4 cm³/mol. The molecule has 1 aromatic heterocycles. The molecule has 0 radical (unpaired) electrons. The minimum Gasteiger partial charge on any atom is -0.315 e. The van der Waals surface area contributed by atoms with Gasteiger partial charge in [0.15, 0.2) is 0 Å². The molecule has 2 aliphatic carbocycles. The van der Waals surface area contributed by atoms with Crippen molar-refractivity contribution in [1.82, 2.24) is 10.3 Å². The van der Waals surface area contributed by atoms with Gasteiger partial charge in [-0.25, -0.2) is 4.98 Å². The summed E-state index contributed by atoms with van der Waals surface area (Å²) in [5.74, 6) is 1.61. The maximum atomic E-state index is 4.89. The van der Waals surface area contributed by atoms with E-state index in [4.69, 9.17) is 4.98 Å². The van der Waals surface area contributed by atoms with Crippen LogP contribution in [0.5, 0.6) is 0 Å². The largest absolute Gasteiger partial charge is 0.315 e. The van der Waals surface area contributed by atoms with Crippen LogP contribution in [0.1, 0.15) is 59.5 Å². The topological polar surface area (TPSA) is 24.9 Å². The summed E-state index contributed by atoms with van der Waals surface area (Å²) in [7, 11) is 2.03. The van der Waals surface area contributed by atoms with Crippen molar-refractivity contribution in [1.29, 1.82) is 0 Å². The average Bonchev–Trinajstić information content (AvgIpc) is 2.89. The number of rotatable bonds is 4. The highest BCUT2D eigenvalue weighted by Crippen LogP contribution is 2.46. The zero-order chi connectivity index (χ0) is 10.3. The Morgan fingerprint density at radius 3 is 2.60 bits per heavy atom. The van der Waals surface area contributed by atoms with Gasteiger partial charge in [-0.3, -0.25) is 0 Å². The number of hydrogen-bond acceptors (Lipinski definition) is 3. The molecule has 1 aromatic rings. The quantitative estimate of drug-likeness (QED) is 0.847. The van der Waals surface area contributed by atoms with Gasteiger partial charge >= 0.3 is 0 Å². The van der Waals surface area contributed by atoms with Crippen molar-refractivity contribution in [2.75, 3.05) is 7.05 Å². The molecule has 0 spiro atoms. The molecule has 0 bridgehead atoms. The van der Waals surface area contributed by atoms with E-state index in [-0.39, 0.29) is 0 Å². The van der Waals surface area contributed by atoms with Crippen LogP contribution in [-0.4, -0.2) is 12.0 Å². The highest BCUT2D eigenvalue weighted by atomic mass is 32.1. The van der Waals surface area contributed by atoms with Crippen LogP contribution >= 0.6 is 11.3 Å². The van der Waals surface area contributed by atoms with E-state index in [2.05, 4.69) is 5.32 Å². The predicted octanol–water partition coefficient (Wildman–Crippen LogP) is 3.01. The van der Waals surface area contributed by atoms with Gasteiger partial charge in [-0.2, -0.15) is 0 Å². The van der Waals surface area contributed by atoms with Gasteiger partial charge in [0.25, 0.3) is 0 Å². The number of thiazole rings is 1.